The van der Waals surface area contributed by atoms with Gasteiger partial charge in [0.1, 0.15) is 5.75 Å². The third kappa shape index (κ3) is 4.49. The van der Waals surface area contributed by atoms with E-state index < -0.39 is 0 Å². The number of carbonyl (C=O) groups excluding carboxylic acids is 1. The average molecular weight is 418 g/mol. The molecule has 0 spiro atoms. The zero-order valence-electron chi connectivity index (χ0n) is 17.0. The fourth-order valence-electron chi connectivity index (χ4n) is 3.19. The molecule has 4 rings (SSSR count). The number of rotatable bonds is 7. The van der Waals surface area contributed by atoms with Gasteiger partial charge in [-0.15, -0.1) is 0 Å². The molecule has 152 valence electrons. The maximum absolute atomic E-state index is 13.2. The van der Waals surface area contributed by atoms with Crippen LogP contribution in [0.15, 0.2) is 66.9 Å². The number of amides is 1. The molecule has 0 saturated heterocycles. The van der Waals surface area contributed by atoms with Gasteiger partial charge in [0, 0.05) is 6.20 Å². The van der Waals surface area contributed by atoms with Gasteiger partial charge in [-0.05, 0) is 49.2 Å². The average Bonchev–Trinajstić information content (AvgIpc) is 3.23. The lowest BCUT2D eigenvalue weighted by Gasteiger charge is -2.19. The molecule has 0 fully saturated rings. The first-order valence-corrected chi connectivity index (χ1v) is 10.7. The van der Waals surface area contributed by atoms with Gasteiger partial charge in [-0.25, -0.2) is 4.98 Å². The quantitative estimate of drug-likeness (QED) is 0.409. The number of para-hydroxylation sites is 1. The number of ether oxygens (including phenoxy) is 1. The van der Waals surface area contributed by atoms with Crippen LogP contribution in [0, 0.1) is 13.8 Å². The molecule has 0 aliphatic carbocycles. The van der Waals surface area contributed by atoms with E-state index in [9.17, 15) is 4.79 Å². The molecule has 0 unspecified atom stereocenters. The summed E-state index contributed by atoms with van der Waals surface area (Å²) in [5, 5.41) is 0.692. The molecular weight excluding hydrogens is 394 g/mol. The van der Waals surface area contributed by atoms with Gasteiger partial charge in [-0.1, -0.05) is 47.7 Å². The molecule has 0 aliphatic heterocycles. The Morgan fingerprint density at radius 1 is 1.00 bits per heavy atom. The summed E-state index contributed by atoms with van der Waals surface area (Å²) in [7, 11) is 0. The molecule has 0 bridgehead atoms. The summed E-state index contributed by atoms with van der Waals surface area (Å²) < 4.78 is 6.85. The SMILES string of the molecule is Cc1ccc(C)c2sc(N(Cc3ccccn3)C(=O)CCOc3ccccc3)nc12. The van der Waals surface area contributed by atoms with Crippen molar-refractivity contribution in [3.8, 4) is 5.75 Å². The van der Waals surface area contributed by atoms with Gasteiger partial charge in [0.2, 0.25) is 5.91 Å². The largest absolute Gasteiger partial charge is 0.493 e. The van der Waals surface area contributed by atoms with Crippen molar-refractivity contribution in [1.29, 1.82) is 0 Å². The van der Waals surface area contributed by atoms with E-state index in [4.69, 9.17) is 9.72 Å². The van der Waals surface area contributed by atoms with Crippen LogP contribution in [0.2, 0.25) is 0 Å². The van der Waals surface area contributed by atoms with Crippen LogP contribution in [0.1, 0.15) is 23.2 Å². The summed E-state index contributed by atoms with van der Waals surface area (Å²) in [5.74, 6) is 0.721. The number of carbonyl (C=O) groups is 1. The minimum Gasteiger partial charge on any atom is -0.493 e. The van der Waals surface area contributed by atoms with Crippen molar-refractivity contribution >= 4 is 32.6 Å². The Labute approximate surface area is 180 Å². The van der Waals surface area contributed by atoms with Crippen LogP contribution in [-0.4, -0.2) is 22.5 Å². The van der Waals surface area contributed by atoms with Gasteiger partial charge in [0.15, 0.2) is 5.13 Å². The fourth-order valence-corrected chi connectivity index (χ4v) is 4.32. The Morgan fingerprint density at radius 2 is 1.77 bits per heavy atom. The minimum atomic E-state index is -0.0362. The van der Waals surface area contributed by atoms with Crippen LogP contribution in [0.4, 0.5) is 5.13 Å². The lowest BCUT2D eigenvalue weighted by Crippen LogP contribution is -2.31. The van der Waals surface area contributed by atoms with Gasteiger partial charge >= 0.3 is 0 Å². The normalized spacial score (nSPS) is 10.9. The van der Waals surface area contributed by atoms with E-state index in [-0.39, 0.29) is 12.3 Å². The lowest BCUT2D eigenvalue weighted by molar-refractivity contribution is -0.119. The first kappa shape index (κ1) is 20.0. The predicted octanol–water partition coefficient (Wildman–Crippen LogP) is 5.31. The third-order valence-corrected chi connectivity index (χ3v) is 6.05. The number of aryl methyl sites for hydroxylation is 2. The fraction of sp³-hybridized carbons (Fsp3) is 0.208. The highest BCUT2D eigenvalue weighted by atomic mass is 32.1. The highest BCUT2D eigenvalue weighted by molar-refractivity contribution is 7.22. The van der Waals surface area contributed by atoms with Crippen LogP contribution >= 0.6 is 11.3 Å². The van der Waals surface area contributed by atoms with Gasteiger partial charge in [-0.3, -0.25) is 14.7 Å². The van der Waals surface area contributed by atoms with Crippen molar-refractivity contribution in [3.05, 3.63) is 83.7 Å². The van der Waals surface area contributed by atoms with Crippen LogP contribution in [0.25, 0.3) is 10.2 Å². The van der Waals surface area contributed by atoms with Gasteiger partial charge in [0.05, 0.1) is 35.5 Å². The van der Waals surface area contributed by atoms with Crippen molar-refractivity contribution in [2.24, 2.45) is 0 Å². The molecule has 2 aromatic heterocycles. The second kappa shape index (κ2) is 9.05. The minimum absolute atomic E-state index is 0.0362. The highest BCUT2D eigenvalue weighted by Crippen LogP contribution is 2.34. The molecule has 0 saturated carbocycles. The summed E-state index contributed by atoms with van der Waals surface area (Å²) >= 11 is 1.55. The number of hydrogen-bond acceptors (Lipinski definition) is 5. The van der Waals surface area contributed by atoms with Crippen molar-refractivity contribution in [1.82, 2.24) is 9.97 Å². The monoisotopic (exact) mass is 417 g/mol. The molecule has 30 heavy (non-hydrogen) atoms. The number of aromatic nitrogens is 2. The number of anilines is 1. The van der Waals surface area contributed by atoms with Gasteiger partial charge in [0.25, 0.3) is 0 Å². The second-order valence-corrected chi connectivity index (χ2v) is 8.06. The molecule has 6 heteroatoms. The lowest BCUT2D eigenvalue weighted by atomic mass is 10.1. The molecule has 5 nitrogen and oxygen atoms in total. The van der Waals surface area contributed by atoms with Crippen LogP contribution in [0.3, 0.4) is 0 Å². The van der Waals surface area contributed by atoms with E-state index in [1.165, 1.54) is 0 Å². The van der Waals surface area contributed by atoms with E-state index in [2.05, 4.69) is 24.0 Å². The number of pyridine rings is 1. The molecule has 0 aliphatic rings. The third-order valence-electron chi connectivity index (χ3n) is 4.84. The van der Waals surface area contributed by atoms with Crippen molar-refractivity contribution in [2.45, 2.75) is 26.8 Å². The Kier molecular flexibility index (Phi) is 6.05. The van der Waals surface area contributed by atoms with E-state index in [1.54, 1.807) is 22.4 Å². The number of thiazole rings is 1. The maximum Gasteiger partial charge on any atom is 0.232 e. The summed E-state index contributed by atoms with van der Waals surface area (Å²) in [6.45, 7) is 4.81. The maximum atomic E-state index is 13.2. The number of fused-ring (bicyclic) bond motifs is 1. The summed E-state index contributed by atoms with van der Waals surface area (Å²) in [6.07, 6.45) is 2.00. The second-order valence-electron chi connectivity index (χ2n) is 7.09. The van der Waals surface area contributed by atoms with Gasteiger partial charge < -0.3 is 4.74 Å². The van der Waals surface area contributed by atoms with Crippen LogP contribution in [-0.2, 0) is 11.3 Å². The Bertz CT molecular complexity index is 1100. The zero-order chi connectivity index (χ0) is 20.9. The Hall–Kier alpha value is -3.25. The Balaban J connectivity index is 1.58. The topological polar surface area (TPSA) is 55.3 Å². The van der Waals surface area contributed by atoms with Gasteiger partial charge in [-0.2, -0.15) is 0 Å². The molecular formula is C24H23N3O2S. The summed E-state index contributed by atoms with van der Waals surface area (Å²) in [6, 6.07) is 19.4. The van der Waals surface area contributed by atoms with Crippen molar-refractivity contribution < 1.29 is 9.53 Å². The summed E-state index contributed by atoms with van der Waals surface area (Å²) in [4.78, 5) is 24.1. The highest BCUT2D eigenvalue weighted by Gasteiger charge is 2.21. The number of nitrogens with zero attached hydrogens (tertiary/aromatic N) is 3. The molecule has 0 radical (unpaired) electrons. The number of hydrogen-bond donors (Lipinski definition) is 0. The van der Waals surface area contributed by atoms with E-state index >= 15 is 0 Å². The first-order valence-electron chi connectivity index (χ1n) is 9.86. The van der Waals surface area contributed by atoms with E-state index in [1.807, 2.05) is 55.5 Å². The van der Waals surface area contributed by atoms with Crippen LogP contribution in [0.5, 0.6) is 5.75 Å². The van der Waals surface area contributed by atoms with E-state index in [0.717, 1.165) is 32.8 Å². The molecule has 2 heterocycles. The standard InChI is InChI=1S/C24H23N3O2S/c1-17-11-12-18(2)23-22(17)26-24(30-23)27(16-19-8-6-7-14-25-19)21(28)13-15-29-20-9-4-3-5-10-20/h3-12,14H,13,15-16H2,1-2H3. The Morgan fingerprint density at radius 3 is 2.50 bits per heavy atom. The van der Waals surface area contributed by atoms with Crippen LogP contribution < -0.4 is 9.64 Å². The first-order chi connectivity index (χ1) is 14.6. The molecule has 0 atom stereocenters. The number of benzene rings is 2. The molecule has 4 aromatic rings. The van der Waals surface area contributed by atoms with E-state index in [0.29, 0.717) is 18.3 Å². The summed E-state index contributed by atoms with van der Waals surface area (Å²) in [5.41, 5.74) is 4.05. The zero-order valence-corrected chi connectivity index (χ0v) is 17.9. The predicted molar refractivity (Wildman–Crippen MR) is 121 cm³/mol. The molecule has 0 N–H and O–H groups in total. The van der Waals surface area contributed by atoms with Crippen molar-refractivity contribution in [2.75, 3.05) is 11.5 Å². The molecule has 1 amide bonds. The smallest absolute Gasteiger partial charge is 0.232 e. The van der Waals surface area contributed by atoms with Crippen molar-refractivity contribution in [3.63, 3.8) is 0 Å². The molecule has 2 aromatic carbocycles.